The number of rotatable bonds is 8. The number of unbranched alkanes of at least 4 members (excludes halogenated alkanes) is 1. The number of nitrogens with zero attached hydrogens (tertiary/aromatic N) is 1. The van der Waals surface area contributed by atoms with Crippen LogP contribution in [0.2, 0.25) is 0 Å². The third-order valence-corrected chi connectivity index (χ3v) is 2.75. The van der Waals surface area contributed by atoms with Gasteiger partial charge in [0.2, 0.25) is 0 Å². The summed E-state index contributed by atoms with van der Waals surface area (Å²) in [5.41, 5.74) is 1.64. The molecule has 0 spiro atoms. The molecule has 0 saturated heterocycles. The molecule has 0 saturated carbocycles. The van der Waals surface area contributed by atoms with Crippen LogP contribution < -0.4 is 5.32 Å². The predicted molar refractivity (Wildman–Crippen MR) is 112 cm³/mol. The van der Waals surface area contributed by atoms with E-state index in [-0.39, 0.29) is 5.97 Å². The van der Waals surface area contributed by atoms with Gasteiger partial charge in [-0.15, -0.1) is 39.5 Å². The lowest BCUT2D eigenvalue weighted by molar-refractivity contribution is 0.0482. The van der Waals surface area contributed by atoms with Crippen LogP contribution in [-0.4, -0.2) is 44.7 Å². The standard InChI is InChI=1S/C15H24N2O2.3C2H4/c1-4-5-10-16-14-8-6-13(7-9-14)15(18)19-12-11-17(2)3;3*1-2/h6-9,16H,4-5,10-12H2,1-3H3;3*1-2H2. The number of esters is 1. The van der Waals surface area contributed by atoms with Crippen molar-refractivity contribution in [1.82, 2.24) is 4.90 Å². The summed E-state index contributed by atoms with van der Waals surface area (Å²) in [6, 6.07) is 7.43. The molecular formula is C21H36N2O2. The maximum absolute atomic E-state index is 11.7. The topological polar surface area (TPSA) is 41.6 Å². The van der Waals surface area contributed by atoms with Gasteiger partial charge in [0.25, 0.3) is 0 Å². The first kappa shape index (κ1) is 27.5. The quantitative estimate of drug-likeness (QED) is 0.407. The zero-order valence-electron chi connectivity index (χ0n) is 16.4. The van der Waals surface area contributed by atoms with Crippen LogP contribution in [0.15, 0.2) is 63.7 Å². The van der Waals surface area contributed by atoms with Crippen molar-refractivity contribution in [2.45, 2.75) is 19.8 Å². The number of hydrogen-bond donors (Lipinski definition) is 1. The highest BCUT2D eigenvalue weighted by molar-refractivity contribution is 5.89. The largest absolute Gasteiger partial charge is 0.461 e. The van der Waals surface area contributed by atoms with Crippen molar-refractivity contribution in [3.8, 4) is 0 Å². The molecule has 4 nitrogen and oxygen atoms in total. The number of carbonyl (C=O) groups is 1. The monoisotopic (exact) mass is 348 g/mol. The molecule has 142 valence electrons. The molecule has 0 atom stereocenters. The van der Waals surface area contributed by atoms with Gasteiger partial charge in [0.05, 0.1) is 5.56 Å². The van der Waals surface area contributed by atoms with Crippen LogP contribution in [-0.2, 0) is 4.74 Å². The van der Waals surface area contributed by atoms with Gasteiger partial charge in [-0.2, -0.15) is 0 Å². The Morgan fingerprint density at radius 2 is 1.56 bits per heavy atom. The maximum Gasteiger partial charge on any atom is 0.338 e. The predicted octanol–water partition coefficient (Wildman–Crippen LogP) is 5.02. The Bertz CT molecular complexity index is 412. The van der Waals surface area contributed by atoms with Gasteiger partial charge < -0.3 is 15.0 Å². The highest BCUT2D eigenvalue weighted by atomic mass is 16.5. The molecule has 0 aromatic heterocycles. The van der Waals surface area contributed by atoms with Gasteiger partial charge in [-0.1, -0.05) is 13.3 Å². The minimum Gasteiger partial charge on any atom is -0.461 e. The van der Waals surface area contributed by atoms with Gasteiger partial charge in [0.1, 0.15) is 6.61 Å². The van der Waals surface area contributed by atoms with Gasteiger partial charge in [-0.3, -0.25) is 0 Å². The Hall–Kier alpha value is -2.33. The van der Waals surface area contributed by atoms with Crippen LogP contribution in [0.5, 0.6) is 0 Å². The Morgan fingerprint density at radius 3 is 2.00 bits per heavy atom. The van der Waals surface area contributed by atoms with Gasteiger partial charge in [0.15, 0.2) is 0 Å². The second-order valence-electron chi connectivity index (χ2n) is 4.80. The fraction of sp³-hybridized carbons (Fsp3) is 0.381. The average Bonchev–Trinajstić information content (AvgIpc) is 2.67. The summed E-state index contributed by atoms with van der Waals surface area (Å²) >= 11 is 0. The fourth-order valence-corrected chi connectivity index (χ4v) is 1.54. The number of likely N-dealkylation sites (N-methyl/N-ethyl adjacent to an activating group) is 1. The Balaban J connectivity index is -0.000000725. The number of benzene rings is 1. The lowest BCUT2D eigenvalue weighted by atomic mass is 10.2. The highest BCUT2D eigenvalue weighted by Gasteiger charge is 2.06. The van der Waals surface area contributed by atoms with Crippen LogP contribution in [0, 0.1) is 0 Å². The first-order valence-corrected chi connectivity index (χ1v) is 8.29. The minimum absolute atomic E-state index is 0.262. The molecule has 0 heterocycles. The zero-order chi connectivity index (χ0) is 20.1. The summed E-state index contributed by atoms with van der Waals surface area (Å²) < 4.78 is 5.18. The van der Waals surface area contributed by atoms with Crippen LogP contribution in [0.25, 0.3) is 0 Å². The number of hydrogen-bond acceptors (Lipinski definition) is 4. The van der Waals surface area contributed by atoms with Gasteiger partial charge in [-0.25, -0.2) is 4.79 Å². The molecule has 1 rings (SSSR count). The van der Waals surface area contributed by atoms with Gasteiger partial charge >= 0.3 is 5.97 Å². The average molecular weight is 349 g/mol. The summed E-state index contributed by atoms with van der Waals surface area (Å²) in [6.07, 6.45) is 2.32. The maximum atomic E-state index is 11.7. The summed E-state index contributed by atoms with van der Waals surface area (Å²) in [6.45, 7) is 22.3. The van der Waals surface area contributed by atoms with Gasteiger partial charge in [-0.05, 0) is 44.8 Å². The molecule has 0 fully saturated rings. The van der Waals surface area contributed by atoms with Crippen LogP contribution in [0.1, 0.15) is 30.1 Å². The molecule has 0 unspecified atom stereocenters. The molecule has 0 aliphatic heterocycles. The van der Waals surface area contributed by atoms with Crippen LogP contribution >= 0.6 is 0 Å². The van der Waals surface area contributed by atoms with Crippen molar-refractivity contribution in [1.29, 1.82) is 0 Å². The molecule has 1 aromatic rings. The molecular weight excluding hydrogens is 312 g/mol. The van der Waals surface area contributed by atoms with Crippen molar-refractivity contribution in [3.63, 3.8) is 0 Å². The van der Waals surface area contributed by atoms with E-state index >= 15 is 0 Å². The van der Waals surface area contributed by atoms with Crippen LogP contribution in [0.3, 0.4) is 0 Å². The third-order valence-electron chi connectivity index (χ3n) is 2.75. The lowest BCUT2D eigenvalue weighted by Crippen LogP contribution is -2.20. The van der Waals surface area contributed by atoms with E-state index in [2.05, 4.69) is 51.7 Å². The molecule has 0 bridgehead atoms. The van der Waals surface area contributed by atoms with E-state index in [1.54, 1.807) is 12.1 Å². The Morgan fingerprint density at radius 1 is 1.04 bits per heavy atom. The Kier molecular flexibility index (Phi) is 23.8. The number of nitrogens with one attached hydrogen (secondary N) is 1. The number of ether oxygens (including phenoxy) is 1. The molecule has 4 heteroatoms. The molecule has 0 radical (unpaired) electrons. The van der Waals surface area contributed by atoms with Crippen molar-refractivity contribution in [2.24, 2.45) is 0 Å². The first-order valence-electron chi connectivity index (χ1n) is 8.29. The summed E-state index contributed by atoms with van der Waals surface area (Å²) in [4.78, 5) is 13.7. The molecule has 0 amide bonds. The zero-order valence-corrected chi connectivity index (χ0v) is 16.4. The summed E-state index contributed by atoms with van der Waals surface area (Å²) in [5.74, 6) is -0.262. The molecule has 1 aromatic carbocycles. The van der Waals surface area contributed by atoms with E-state index in [0.29, 0.717) is 12.2 Å². The van der Waals surface area contributed by atoms with E-state index in [1.807, 2.05) is 31.1 Å². The van der Waals surface area contributed by atoms with Crippen molar-refractivity contribution in [2.75, 3.05) is 39.1 Å². The molecule has 0 aliphatic rings. The fourth-order valence-electron chi connectivity index (χ4n) is 1.54. The Labute approximate surface area is 154 Å². The molecule has 0 aliphatic carbocycles. The van der Waals surface area contributed by atoms with E-state index in [1.165, 1.54) is 6.42 Å². The molecule has 1 N–H and O–H groups in total. The smallest absolute Gasteiger partial charge is 0.338 e. The summed E-state index contributed by atoms with van der Waals surface area (Å²) in [5, 5.41) is 3.31. The van der Waals surface area contributed by atoms with E-state index in [0.717, 1.165) is 25.2 Å². The van der Waals surface area contributed by atoms with E-state index in [9.17, 15) is 4.79 Å². The van der Waals surface area contributed by atoms with Crippen molar-refractivity contribution >= 4 is 11.7 Å². The van der Waals surface area contributed by atoms with Crippen molar-refractivity contribution < 1.29 is 9.53 Å². The second-order valence-corrected chi connectivity index (χ2v) is 4.80. The SMILES string of the molecule is C=C.C=C.C=C.CCCCNc1ccc(C(=O)OCCN(C)C)cc1. The molecule has 25 heavy (non-hydrogen) atoms. The lowest BCUT2D eigenvalue weighted by Gasteiger charge is -2.10. The van der Waals surface area contributed by atoms with E-state index < -0.39 is 0 Å². The first-order chi connectivity index (χ1) is 12.1. The third kappa shape index (κ3) is 16.3. The van der Waals surface area contributed by atoms with Crippen LogP contribution in [0.4, 0.5) is 5.69 Å². The number of carbonyl (C=O) groups excluding carboxylic acids is 1. The summed E-state index contributed by atoms with van der Waals surface area (Å²) in [7, 11) is 3.90. The van der Waals surface area contributed by atoms with E-state index in [4.69, 9.17) is 4.74 Å². The minimum atomic E-state index is -0.262. The second kappa shape index (κ2) is 21.7. The van der Waals surface area contributed by atoms with Crippen molar-refractivity contribution in [3.05, 3.63) is 69.3 Å². The normalized spacial score (nSPS) is 8.48. The van der Waals surface area contributed by atoms with Gasteiger partial charge in [0, 0.05) is 18.8 Å². The highest BCUT2D eigenvalue weighted by Crippen LogP contribution is 2.10. The number of anilines is 1.